The Morgan fingerprint density at radius 1 is 1.17 bits per heavy atom. The fourth-order valence-electron chi connectivity index (χ4n) is 2.03. The largest absolute Gasteiger partial charge is 0.356 e. The van der Waals surface area contributed by atoms with Gasteiger partial charge in [-0.15, -0.1) is 0 Å². The van der Waals surface area contributed by atoms with E-state index in [1.807, 2.05) is 0 Å². The summed E-state index contributed by atoms with van der Waals surface area (Å²) < 4.78 is 25.6. The van der Waals surface area contributed by atoms with Crippen LogP contribution in [0, 0.1) is 5.92 Å². The normalized spacial score (nSPS) is 12.5. The van der Waals surface area contributed by atoms with Crippen LogP contribution < -0.4 is 15.4 Å². The van der Waals surface area contributed by atoms with Crippen molar-refractivity contribution in [2.24, 2.45) is 10.9 Å². The Morgan fingerprint density at radius 3 is 2.35 bits per heavy atom. The first-order valence-electron chi connectivity index (χ1n) is 7.86. The third-order valence-corrected chi connectivity index (χ3v) is 4.87. The summed E-state index contributed by atoms with van der Waals surface area (Å²) in [7, 11) is -0.240. The molecule has 1 aromatic rings. The van der Waals surface area contributed by atoms with E-state index in [0.29, 0.717) is 12.5 Å². The lowest BCUT2D eigenvalue weighted by molar-refractivity contribution is 0.549. The predicted octanol–water partition coefficient (Wildman–Crippen LogP) is 1.70. The van der Waals surface area contributed by atoms with E-state index in [1.165, 1.54) is 13.5 Å². The van der Waals surface area contributed by atoms with Crippen molar-refractivity contribution in [2.45, 2.75) is 38.1 Å². The number of hydrogen-bond donors (Lipinski definition) is 3. The summed E-state index contributed by atoms with van der Waals surface area (Å²) in [5.74, 6) is 1.46. The van der Waals surface area contributed by atoms with Crippen LogP contribution >= 0.6 is 0 Å². The molecule has 0 bridgehead atoms. The molecule has 0 atom stereocenters. The molecule has 130 valence electrons. The van der Waals surface area contributed by atoms with Crippen molar-refractivity contribution in [3.05, 3.63) is 29.8 Å². The molecule has 0 saturated carbocycles. The number of aliphatic imine (C=N–C) groups is 1. The molecular weight excluding hydrogens is 312 g/mol. The molecule has 0 spiro atoms. The van der Waals surface area contributed by atoms with Gasteiger partial charge in [0.05, 0.1) is 4.90 Å². The van der Waals surface area contributed by atoms with Gasteiger partial charge in [-0.3, -0.25) is 4.99 Å². The number of hydrogen-bond acceptors (Lipinski definition) is 3. The van der Waals surface area contributed by atoms with Crippen LogP contribution in [0.3, 0.4) is 0 Å². The van der Waals surface area contributed by atoms with Crippen LogP contribution in [-0.4, -0.2) is 35.0 Å². The van der Waals surface area contributed by atoms with Crippen molar-refractivity contribution < 1.29 is 8.42 Å². The van der Waals surface area contributed by atoms with Crippen LogP contribution in [0.4, 0.5) is 0 Å². The van der Waals surface area contributed by atoms with Crippen molar-refractivity contribution >= 4 is 16.0 Å². The minimum absolute atomic E-state index is 0.264. The molecule has 0 unspecified atom stereocenters. The highest BCUT2D eigenvalue weighted by Gasteiger charge is 2.10. The van der Waals surface area contributed by atoms with E-state index in [9.17, 15) is 8.42 Å². The topological polar surface area (TPSA) is 82.6 Å². The second kappa shape index (κ2) is 9.52. The van der Waals surface area contributed by atoms with Gasteiger partial charge >= 0.3 is 0 Å². The van der Waals surface area contributed by atoms with E-state index in [0.717, 1.165) is 24.5 Å². The van der Waals surface area contributed by atoms with Gasteiger partial charge in [-0.25, -0.2) is 13.1 Å². The Kier molecular flexibility index (Phi) is 8.05. The summed E-state index contributed by atoms with van der Waals surface area (Å²) >= 11 is 0. The Morgan fingerprint density at radius 2 is 1.83 bits per heavy atom. The summed E-state index contributed by atoms with van der Waals surface area (Å²) in [6, 6.07) is 6.79. The van der Waals surface area contributed by atoms with Gasteiger partial charge in [-0.2, -0.15) is 0 Å². The lowest BCUT2D eigenvalue weighted by Gasteiger charge is -2.12. The monoisotopic (exact) mass is 340 g/mol. The Labute approximate surface area is 139 Å². The third-order valence-electron chi connectivity index (χ3n) is 3.44. The standard InChI is InChI=1S/C16H28N4O2S/c1-13(2)6-5-11-19-16(17-3)20-12-14-7-9-15(10-8-14)23(21,22)18-4/h7-10,13,18H,5-6,11-12H2,1-4H3,(H2,17,19,20). The third kappa shape index (κ3) is 7.00. The molecule has 7 heteroatoms. The molecule has 1 rings (SSSR count). The van der Waals surface area contributed by atoms with Crippen molar-refractivity contribution in [2.75, 3.05) is 20.6 Å². The van der Waals surface area contributed by atoms with E-state index < -0.39 is 10.0 Å². The van der Waals surface area contributed by atoms with E-state index in [2.05, 4.69) is 34.2 Å². The molecule has 0 saturated heterocycles. The second-order valence-corrected chi connectivity index (χ2v) is 7.63. The van der Waals surface area contributed by atoms with Gasteiger partial charge in [-0.05, 0) is 43.5 Å². The van der Waals surface area contributed by atoms with Crippen molar-refractivity contribution in [1.82, 2.24) is 15.4 Å². The van der Waals surface area contributed by atoms with Crippen LogP contribution in [0.15, 0.2) is 34.2 Å². The van der Waals surface area contributed by atoms with Gasteiger partial charge in [0.1, 0.15) is 0 Å². The molecule has 0 amide bonds. The number of nitrogens with zero attached hydrogens (tertiary/aromatic N) is 1. The Balaban J connectivity index is 2.47. The molecule has 0 radical (unpaired) electrons. The molecule has 0 heterocycles. The molecule has 6 nitrogen and oxygen atoms in total. The Hall–Kier alpha value is -1.60. The van der Waals surface area contributed by atoms with Crippen molar-refractivity contribution in [1.29, 1.82) is 0 Å². The van der Waals surface area contributed by atoms with Gasteiger partial charge in [0.15, 0.2) is 5.96 Å². The highest BCUT2D eigenvalue weighted by molar-refractivity contribution is 7.89. The summed E-state index contributed by atoms with van der Waals surface area (Å²) in [5.41, 5.74) is 0.991. The van der Waals surface area contributed by atoms with E-state index in [1.54, 1.807) is 31.3 Å². The summed E-state index contributed by atoms with van der Waals surface area (Å²) in [4.78, 5) is 4.44. The highest BCUT2D eigenvalue weighted by atomic mass is 32.2. The second-order valence-electron chi connectivity index (χ2n) is 5.74. The van der Waals surface area contributed by atoms with E-state index in [4.69, 9.17) is 0 Å². The van der Waals surface area contributed by atoms with Crippen LogP contribution in [-0.2, 0) is 16.6 Å². The predicted molar refractivity (Wildman–Crippen MR) is 95.0 cm³/mol. The zero-order chi connectivity index (χ0) is 17.3. The van der Waals surface area contributed by atoms with Crippen molar-refractivity contribution in [3.8, 4) is 0 Å². The number of sulfonamides is 1. The number of benzene rings is 1. The molecule has 0 aliphatic rings. The zero-order valence-corrected chi connectivity index (χ0v) is 15.2. The molecule has 0 aromatic heterocycles. The molecule has 0 aliphatic heterocycles. The highest BCUT2D eigenvalue weighted by Crippen LogP contribution is 2.09. The molecule has 23 heavy (non-hydrogen) atoms. The van der Waals surface area contributed by atoms with Gasteiger partial charge in [-0.1, -0.05) is 26.0 Å². The van der Waals surface area contributed by atoms with Gasteiger partial charge in [0.2, 0.25) is 10.0 Å². The minimum atomic E-state index is -3.38. The van der Waals surface area contributed by atoms with Crippen LogP contribution in [0.25, 0.3) is 0 Å². The first-order valence-corrected chi connectivity index (χ1v) is 9.34. The maximum atomic E-state index is 11.7. The molecule has 0 fully saturated rings. The fourth-order valence-corrected chi connectivity index (χ4v) is 2.76. The number of nitrogens with one attached hydrogen (secondary N) is 3. The van der Waals surface area contributed by atoms with Gasteiger partial charge < -0.3 is 10.6 Å². The zero-order valence-electron chi connectivity index (χ0n) is 14.4. The maximum absolute atomic E-state index is 11.7. The summed E-state index contributed by atoms with van der Waals surface area (Å²) in [5, 5.41) is 6.49. The average Bonchev–Trinajstić information content (AvgIpc) is 2.54. The van der Waals surface area contributed by atoms with Crippen molar-refractivity contribution in [3.63, 3.8) is 0 Å². The van der Waals surface area contributed by atoms with Crippen LogP contribution in [0.5, 0.6) is 0 Å². The fraction of sp³-hybridized carbons (Fsp3) is 0.562. The first kappa shape index (κ1) is 19.4. The van der Waals surface area contributed by atoms with Gasteiger partial charge in [0.25, 0.3) is 0 Å². The average molecular weight is 340 g/mol. The van der Waals surface area contributed by atoms with Gasteiger partial charge in [0, 0.05) is 20.1 Å². The lowest BCUT2D eigenvalue weighted by atomic mass is 10.1. The van der Waals surface area contributed by atoms with Crippen LogP contribution in [0.1, 0.15) is 32.3 Å². The lowest BCUT2D eigenvalue weighted by Crippen LogP contribution is -2.37. The maximum Gasteiger partial charge on any atom is 0.240 e. The van der Waals surface area contributed by atoms with E-state index in [-0.39, 0.29) is 4.90 Å². The SMILES string of the molecule is CN=C(NCCCC(C)C)NCc1ccc(S(=O)(=O)NC)cc1. The van der Waals surface area contributed by atoms with E-state index >= 15 is 0 Å². The molecule has 3 N–H and O–H groups in total. The Bertz CT molecular complexity index is 595. The van der Waals surface area contributed by atoms with Crippen LogP contribution in [0.2, 0.25) is 0 Å². The summed E-state index contributed by atoms with van der Waals surface area (Å²) in [6.07, 6.45) is 2.29. The number of rotatable bonds is 8. The number of guanidine groups is 1. The first-order chi connectivity index (χ1) is 10.9. The molecule has 1 aromatic carbocycles. The molecule has 0 aliphatic carbocycles. The summed E-state index contributed by atoms with van der Waals surface area (Å²) in [6.45, 7) is 5.90. The molecular formula is C16H28N4O2S. The quantitative estimate of drug-likeness (QED) is 0.382. The minimum Gasteiger partial charge on any atom is -0.356 e. The smallest absolute Gasteiger partial charge is 0.240 e.